The Labute approximate surface area is 102 Å². The quantitative estimate of drug-likeness (QED) is 0.728. The van der Waals surface area contributed by atoms with Crippen LogP contribution in [0.2, 0.25) is 0 Å². The number of methoxy groups -OCH3 is 1. The van der Waals surface area contributed by atoms with Gasteiger partial charge in [-0.2, -0.15) is 0 Å². The number of benzene rings is 1. The van der Waals surface area contributed by atoms with E-state index in [9.17, 15) is 9.18 Å². The fraction of sp³-hybridized carbons (Fsp3) is 0.500. The molecule has 17 heavy (non-hydrogen) atoms. The van der Waals surface area contributed by atoms with Crippen LogP contribution in [0.1, 0.15) is 44.0 Å². The summed E-state index contributed by atoms with van der Waals surface area (Å²) in [5.41, 5.74) is -0.386. The van der Waals surface area contributed by atoms with Gasteiger partial charge in [0.15, 0.2) is 5.78 Å². The van der Waals surface area contributed by atoms with Crippen LogP contribution in [0.15, 0.2) is 18.2 Å². The van der Waals surface area contributed by atoms with Crippen LogP contribution in [0.5, 0.6) is 5.75 Å². The lowest BCUT2D eigenvalue weighted by molar-refractivity contribution is 0.0798. The van der Waals surface area contributed by atoms with Crippen molar-refractivity contribution in [2.75, 3.05) is 7.11 Å². The molecule has 0 aliphatic heterocycles. The van der Waals surface area contributed by atoms with Crippen LogP contribution in [0.25, 0.3) is 0 Å². The number of carbonyl (C=O) groups excluding carboxylic acids is 1. The van der Waals surface area contributed by atoms with Crippen LogP contribution in [0.3, 0.4) is 0 Å². The Hall–Kier alpha value is -1.38. The van der Waals surface area contributed by atoms with Crippen molar-refractivity contribution in [3.8, 4) is 5.75 Å². The maximum Gasteiger partial charge on any atom is 0.171 e. The average molecular weight is 238 g/mol. The first kappa shape index (κ1) is 13.7. The second-order valence-corrected chi connectivity index (χ2v) is 4.44. The molecule has 0 bridgehead atoms. The van der Waals surface area contributed by atoms with E-state index in [1.54, 1.807) is 0 Å². The molecule has 94 valence electrons. The Kier molecular flexibility index (Phi) is 4.27. The van der Waals surface area contributed by atoms with Gasteiger partial charge in [-0.25, -0.2) is 4.39 Å². The minimum absolute atomic E-state index is 0.121. The molecule has 2 nitrogen and oxygen atoms in total. The first-order valence-corrected chi connectivity index (χ1v) is 5.86. The summed E-state index contributed by atoms with van der Waals surface area (Å²) in [4.78, 5) is 12.3. The van der Waals surface area contributed by atoms with E-state index >= 15 is 0 Å². The molecule has 0 aromatic heterocycles. The van der Waals surface area contributed by atoms with E-state index in [0.717, 1.165) is 0 Å². The molecule has 0 amide bonds. The van der Waals surface area contributed by atoms with E-state index in [-0.39, 0.29) is 11.3 Å². The van der Waals surface area contributed by atoms with Gasteiger partial charge < -0.3 is 4.74 Å². The molecule has 0 spiro atoms. The smallest absolute Gasteiger partial charge is 0.171 e. The van der Waals surface area contributed by atoms with E-state index in [1.165, 1.54) is 25.3 Å². The number of Topliss-reactive ketones (excluding diaryl/α,β-unsaturated/α-hetero) is 1. The fourth-order valence-corrected chi connectivity index (χ4v) is 1.70. The van der Waals surface area contributed by atoms with Crippen molar-refractivity contribution in [2.45, 2.75) is 33.6 Å². The molecule has 0 aliphatic carbocycles. The zero-order chi connectivity index (χ0) is 13.1. The molecule has 0 fully saturated rings. The standard InChI is InChI=1S/C14H19FO2/c1-5-14(3,6-2)13(16)11-9-10(17-4)7-8-12(11)15/h7-9H,5-6H2,1-4H3. The van der Waals surface area contributed by atoms with Gasteiger partial charge in [0.1, 0.15) is 11.6 Å². The van der Waals surface area contributed by atoms with E-state index in [2.05, 4.69) is 0 Å². The van der Waals surface area contributed by atoms with Crippen molar-refractivity contribution >= 4 is 5.78 Å². The minimum Gasteiger partial charge on any atom is -0.497 e. The maximum atomic E-state index is 13.7. The molecular formula is C14H19FO2. The largest absolute Gasteiger partial charge is 0.497 e. The summed E-state index contributed by atoms with van der Waals surface area (Å²) in [5, 5.41) is 0. The Morgan fingerprint density at radius 2 is 1.94 bits per heavy atom. The summed E-state index contributed by atoms with van der Waals surface area (Å²) in [5.74, 6) is -0.132. The molecule has 0 heterocycles. The molecule has 1 aromatic carbocycles. The van der Waals surface area contributed by atoms with Crippen molar-refractivity contribution < 1.29 is 13.9 Å². The third-order valence-electron chi connectivity index (χ3n) is 3.53. The summed E-state index contributed by atoms with van der Waals surface area (Å²) < 4.78 is 18.7. The highest BCUT2D eigenvalue weighted by Crippen LogP contribution is 2.32. The van der Waals surface area contributed by atoms with Gasteiger partial charge in [-0.1, -0.05) is 20.8 Å². The Balaban J connectivity index is 3.19. The lowest BCUT2D eigenvalue weighted by atomic mass is 9.77. The number of rotatable bonds is 5. The van der Waals surface area contributed by atoms with Gasteiger partial charge in [-0.05, 0) is 31.0 Å². The number of halogens is 1. The molecule has 0 saturated carbocycles. The van der Waals surface area contributed by atoms with E-state index in [1.807, 2.05) is 20.8 Å². The zero-order valence-electron chi connectivity index (χ0n) is 10.8. The molecule has 0 radical (unpaired) electrons. The van der Waals surface area contributed by atoms with Crippen LogP contribution in [0.4, 0.5) is 4.39 Å². The lowest BCUT2D eigenvalue weighted by Gasteiger charge is -2.25. The van der Waals surface area contributed by atoms with Gasteiger partial charge in [0.05, 0.1) is 12.7 Å². The number of ether oxygens (including phenoxy) is 1. The summed E-state index contributed by atoms with van der Waals surface area (Å²) >= 11 is 0. The van der Waals surface area contributed by atoms with Gasteiger partial charge >= 0.3 is 0 Å². The SMILES string of the molecule is CCC(C)(CC)C(=O)c1cc(OC)ccc1F. The zero-order valence-corrected chi connectivity index (χ0v) is 10.8. The van der Waals surface area contributed by atoms with Crippen LogP contribution < -0.4 is 4.74 Å². The van der Waals surface area contributed by atoms with Crippen LogP contribution in [-0.4, -0.2) is 12.9 Å². The molecule has 0 saturated heterocycles. The van der Waals surface area contributed by atoms with Crippen molar-refractivity contribution in [2.24, 2.45) is 5.41 Å². The first-order valence-electron chi connectivity index (χ1n) is 5.86. The normalized spacial score (nSPS) is 11.4. The third kappa shape index (κ3) is 2.65. The van der Waals surface area contributed by atoms with Crippen LogP contribution in [-0.2, 0) is 0 Å². The van der Waals surface area contributed by atoms with Crippen molar-refractivity contribution in [3.05, 3.63) is 29.6 Å². The molecule has 1 rings (SSSR count). The van der Waals surface area contributed by atoms with Crippen LogP contribution >= 0.6 is 0 Å². The highest BCUT2D eigenvalue weighted by Gasteiger charge is 2.31. The van der Waals surface area contributed by atoms with Crippen molar-refractivity contribution in [3.63, 3.8) is 0 Å². The van der Waals surface area contributed by atoms with Crippen molar-refractivity contribution in [1.82, 2.24) is 0 Å². The number of ketones is 1. The van der Waals surface area contributed by atoms with Gasteiger partial charge in [0.2, 0.25) is 0 Å². The summed E-state index contributed by atoms with van der Waals surface area (Å²) in [6, 6.07) is 4.26. The predicted molar refractivity (Wildman–Crippen MR) is 66.0 cm³/mol. The Morgan fingerprint density at radius 1 is 1.35 bits per heavy atom. The highest BCUT2D eigenvalue weighted by molar-refractivity contribution is 6.00. The molecular weight excluding hydrogens is 219 g/mol. The second-order valence-electron chi connectivity index (χ2n) is 4.44. The van der Waals surface area contributed by atoms with Gasteiger partial charge in [-0.3, -0.25) is 4.79 Å². The topological polar surface area (TPSA) is 26.3 Å². The first-order chi connectivity index (χ1) is 7.98. The number of hydrogen-bond donors (Lipinski definition) is 0. The Bertz CT molecular complexity index is 409. The van der Waals surface area contributed by atoms with Gasteiger partial charge in [0, 0.05) is 5.41 Å². The second kappa shape index (κ2) is 5.30. The van der Waals surface area contributed by atoms with E-state index in [0.29, 0.717) is 18.6 Å². The predicted octanol–water partition coefficient (Wildman–Crippen LogP) is 3.84. The number of hydrogen-bond acceptors (Lipinski definition) is 2. The summed E-state index contributed by atoms with van der Waals surface area (Å²) in [7, 11) is 1.50. The lowest BCUT2D eigenvalue weighted by Crippen LogP contribution is -2.27. The molecule has 0 aliphatic rings. The van der Waals surface area contributed by atoms with Gasteiger partial charge in [-0.15, -0.1) is 0 Å². The monoisotopic (exact) mass is 238 g/mol. The van der Waals surface area contributed by atoms with E-state index in [4.69, 9.17) is 4.74 Å². The molecule has 3 heteroatoms. The van der Waals surface area contributed by atoms with Crippen LogP contribution in [0, 0.1) is 11.2 Å². The average Bonchev–Trinajstić information content (AvgIpc) is 2.37. The molecule has 0 N–H and O–H groups in total. The fourth-order valence-electron chi connectivity index (χ4n) is 1.70. The summed E-state index contributed by atoms with van der Waals surface area (Å²) in [6.45, 7) is 5.76. The Morgan fingerprint density at radius 3 is 2.41 bits per heavy atom. The van der Waals surface area contributed by atoms with Crippen molar-refractivity contribution in [1.29, 1.82) is 0 Å². The maximum absolute atomic E-state index is 13.7. The minimum atomic E-state index is -0.507. The molecule has 1 aromatic rings. The number of carbonyl (C=O) groups is 1. The van der Waals surface area contributed by atoms with Gasteiger partial charge in [0.25, 0.3) is 0 Å². The third-order valence-corrected chi connectivity index (χ3v) is 3.53. The molecule has 0 atom stereocenters. The summed E-state index contributed by atoms with van der Waals surface area (Å²) in [6.07, 6.45) is 1.39. The van der Waals surface area contributed by atoms with E-state index < -0.39 is 11.2 Å². The molecule has 0 unspecified atom stereocenters. The highest BCUT2D eigenvalue weighted by atomic mass is 19.1.